The largest absolute Gasteiger partial charge is 0.478 e. The Morgan fingerprint density at radius 2 is 1.80 bits per heavy atom. The van der Waals surface area contributed by atoms with E-state index in [1.54, 1.807) is 24.3 Å². The molecule has 0 atom stereocenters. The molecular formula is C16H16O4. The van der Waals surface area contributed by atoms with Crippen LogP contribution in [0.2, 0.25) is 0 Å². The van der Waals surface area contributed by atoms with E-state index >= 15 is 0 Å². The Morgan fingerprint density at radius 1 is 1.05 bits per heavy atom. The lowest BCUT2D eigenvalue weighted by Crippen LogP contribution is -2.08. The summed E-state index contributed by atoms with van der Waals surface area (Å²) in [6.07, 6.45) is 2.47. The lowest BCUT2D eigenvalue weighted by molar-refractivity contribution is 0.0694. The van der Waals surface area contributed by atoms with Crippen molar-refractivity contribution in [2.75, 3.05) is 0 Å². The predicted molar refractivity (Wildman–Crippen MR) is 76.5 cm³/mol. The van der Waals surface area contributed by atoms with Crippen LogP contribution >= 0.6 is 0 Å². The highest BCUT2D eigenvalue weighted by Gasteiger charge is 2.19. The Kier molecular flexibility index (Phi) is 4.03. The number of benzene rings is 2. The van der Waals surface area contributed by atoms with Crippen molar-refractivity contribution in [2.45, 2.75) is 26.2 Å². The summed E-state index contributed by atoms with van der Waals surface area (Å²) in [7, 11) is 0. The van der Waals surface area contributed by atoms with Gasteiger partial charge in [0.2, 0.25) is 0 Å². The molecule has 0 aliphatic carbocycles. The minimum absolute atomic E-state index is 0.0400. The van der Waals surface area contributed by atoms with E-state index in [1.807, 2.05) is 6.92 Å². The van der Waals surface area contributed by atoms with Gasteiger partial charge >= 0.3 is 11.9 Å². The van der Waals surface area contributed by atoms with E-state index < -0.39 is 11.9 Å². The number of unbranched alkanes of at least 4 members (excludes halogenated alkanes) is 1. The average Bonchev–Trinajstić information content (AvgIpc) is 2.43. The first-order chi connectivity index (χ1) is 9.56. The number of hydrogen-bond acceptors (Lipinski definition) is 2. The fourth-order valence-corrected chi connectivity index (χ4v) is 2.42. The third kappa shape index (κ3) is 2.50. The van der Waals surface area contributed by atoms with Gasteiger partial charge in [-0.05, 0) is 29.9 Å². The number of carboxylic acid groups (broad SMARTS) is 2. The molecule has 0 aromatic heterocycles. The molecule has 0 saturated carbocycles. The maximum Gasteiger partial charge on any atom is 0.336 e. The van der Waals surface area contributed by atoms with Crippen LogP contribution in [0, 0.1) is 0 Å². The zero-order valence-corrected chi connectivity index (χ0v) is 11.2. The van der Waals surface area contributed by atoms with Crippen LogP contribution in [0.3, 0.4) is 0 Å². The molecular weight excluding hydrogens is 256 g/mol. The van der Waals surface area contributed by atoms with Gasteiger partial charge in [0.05, 0.1) is 11.1 Å². The zero-order valence-electron chi connectivity index (χ0n) is 11.2. The van der Waals surface area contributed by atoms with Gasteiger partial charge in [0, 0.05) is 5.39 Å². The topological polar surface area (TPSA) is 74.6 Å². The number of aryl methyl sites for hydroxylation is 1. The molecule has 4 heteroatoms. The van der Waals surface area contributed by atoms with Crippen LogP contribution in [0.4, 0.5) is 0 Å². The summed E-state index contributed by atoms with van der Waals surface area (Å²) in [6, 6.07) is 8.38. The Bertz CT molecular complexity index is 673. The first-order valence-corrected chi connectivity index (χ1v) is 6.57. The van der Waals surface area contributed by atoms with Crippen molar-refractivity contribution < 1.29 is 19.8 Å². The van der Waals surface area contributed by atoms with Crippen molar-refractivity contribution >= 4 is 22.7 Å². The Hall–Kier alpha value is -2.36. The van der Waals surface area contributed by atoms with Gasteiger partial charge in [-0.3, -0.25) is 0 Å². The molecule has 2 aromatic rings. The fraction of sp³-hybridized carbons (Fsp3) is 0.250. The summed E-state index contributed by atoms with van der Waals surface area (Å²) in [5, 5.41) is 19.7. The van der Waals surface area contributed by atoms with E-state index in [0.717, 1.165) is 12.8 Å². The monoisotopic (exact) mass is 272 g/mol. The molecule has 20 heavy (non-hydrogen) atoms. The van der Waals surface area contributed by atoms with E-state index in [-0.39, 0.29) is 11.1 Å². The number of aromatic carboxylic acids is 2. The maximum atomic E-state index is 11.6. The second-order valence-electron chi connectivity index (χ2n) is 4.72. The quantitative estimate of drug-likeness (QED) is 0.872. The molecule has 0 radical (unpaired) electrons. The fourth-order valence-electron chi connectivity index (χ4n) is 2.42. The van der Waals surface area contributed by atoms with Crippen LogP contribution in [0.5, 0.6) is 0 Å². The van der Waals surface area contributed by atoms with E-state index in [2.05, 4.69) is 0 Å². The maximum absolute atomic E-state index is 11.6. The molecule has 2 rings (SSSR count). The molecule has 2 N–H and O–H groups in total. The van der Waals surface area contributed by atoms with Crippen molar-refractivity contribution in [1.82, 2.24) is 0 Å². The van der Waals surface area contributed by atoms with Crippen molar-refractivity contribution in [3.8, 4) is 0 Å². The number of hydrogen-bond donors (Lipinski definition) is 2. The normalized spacial score (nSPS) is 10.7. The molecule has 104 valence electrons. The van der Waals surface area contributed by atoms with Crippen molar-refractivity contribution in [3.63, 3.8) is 0 Å². The number of fused-ring (bicyclic) bond motifs is 1. The van der Waals surface area contributed by atoms with E-state index in [9.17, 15) is 19.8 Å². The van der Waals surface area contributed by atoms with E-state index in [4.69, 9.17) is 0 Å². The molecule has 0 aliphatic heterocycles. The number of rotatable bonds is 5. The first-order valence-electron chi connectivity index (χ1n) is 6.57. The summed E-state index contributed by atoms with van der Waals surface area (Å²) >= 11 is 0. The van der Waals surface area contributed by atoms with Crippen LogP contribution in [0.15, 0.2) is 30.3 Å². The highest BCUT2D eigenvalue weighted by atomic mass is 16.4. The second-order valence-corrected chi connectivity index (χ2v) is 4.72. The highest BCUT2D eigenvalue weighted by Crippen LogP contribution is 2.27. The van der Waals surface area contributed by atoms with Gasteiger partial charge in [0.25, 0.3) is 0 Å². The Labute approximate surface area is 116 Å². The van der Waals surface area contributed by atoms with Crippen LogP contribution in [-0.2, 0) is 6.42 Å². The van der Waals surface area contributed by atoms with Crippen LogP contribution < -0.4 is 0 Å². The van der Waals surface area contributed by atoms with Gasteiger partial charge in [-0.15, -0.1) is 0 Å². The lowest BCUT2D eigenvalue weighted by Gasteiger charge is -2.11. The van der Waals surface area contributed by atoms with Gasteiger partial charge in [-0.1, -0.05) is 37.6 Å². The third-order valence-corrected chi connectivity index (χ3v) is 3.38. The summed E-state index contributed by atoms with van der Waals surface area (Å²) in [6.45, 7) is 2.03. The predicted octanol–water partition coefficient (Wildman–Crippen LogP) is 3.58. The van der Waals surface area contributed by atoms with Gasteiger partial charge in [0.15, 0.2) is 0 Å². The summed E-state index contributed by atoms with van der Waals surface area (Å²) in [5.74, 6) is -2.18. The molecule has 4 nitrogen and oxygen atoms in total. The summed E-state index contributed by atoms with van der Waals surface area (Å²) < 4.78 is 0. The molecule has 0 amide bonds. The molecule has 2 aromatic carbocycles. The standard InChI is InChI=1S/C16H16O4/c1-2-3-5-11-9-8-10-6-4-7-12(15(17)18)13(10)14(11)16(19)20/h4,6-9H,2-3,5H2,1H3,(H,17,18)(H,19,20). The second kappa shape index (κ2) is 5.74. The van der Waals surface area contributed by atoms with E-state index in [1.165, 1.54) is 6.07 Å². The molecule has 0 aliphatic rings. The smallest absolute Gasteiger partial charge is 0.336 e. The van der Waals surface area contributed by atoms with Crippen molar-refractivity contribution in [3.05, 3.63) is 47.0 Å². The lowest BCUT2D eigenvalue weighted by atomic mass is 9.92. The zero-order chi connectivity index (χ0) is 14.7. The summed E-state index contributed by atoms with van der Waals surface area (Å²) in [4.78, 5) is 22.9. The molecule has 0 unspecified atom stereocenters. The molecule has 0 fully saturated rings. The first kappa shape index (κ1) is 14.1. The molecule has 0 spiro atoms. The molecule has 0 bridgehead atoms. The number of carbonyl (C=O) groups is 2. The summed E-state index contributed by atoms with van der Waals surface area (Å²) in [5.41, 5.74) is 0.854. The third-order valence-electron chi connectivity index (χ3n) is 3.38. The minimum atomic E-state index is -1.11. The molecule has 0 heterocycles. The van der Waals surface area contributed by atoms with Gasteiger partial charge in [0.1, 0.15) is 0 Å². The minimum Gasteiger partial charge on any atom is -0.478 e. The highest BCUT2D eigenvalue weighted by molar-refractivity contribution is 6.13. The van der Waals surface area contributed by atoms with E-state index in [0.29, 0.717) is 22.8 Å². The van der Waals surface area contributed by atoms with Gasteiger partial charge in [-0.25, -0.2) is 9.59 Å². The van der Waals surface area contributed by atoms with Crippen molar-refractivity contribution in [1.29, 1.82) is 0 Å². The van der Waals surface area contributed by atoms with Gasteiger partial charge < -0.3 is 10.2 Å². The van der Waals surface area contributed by atoms with Crippen LogP contribution in [0.25, 0.3) is 10.8 Å². The Balaban J connectivity index is 2.78. The molecule has 0 saturated heterocycles. The van der Waals surface area contributed by atoms with Crippen LogP contribution in [-0.4, -0.2) is 22.2 Å². The average molecular weight is 272 g/mol. The SMILES string of the molecule is CCCCc1ccc2cccc(C(=O)O)c2c1C(=O)O. The number of carboxylic acids is 2. The van der Waals surface area contributed by atoms with Crippen molar-refractivity contribution in [2.24, 2.45) is 0 Å². The van der Waals surface area contributed by atoms with Gasteiger partial charge in [-0.2, -0.15) is 0 Å². The Morgan fingerprint density at radius 3 is 2.40 bits per heavy atom. The van der Waals surface area contributed by atoms with Crippen LogP contribution in [0.1, 0.15) is 46.0 Å².